The second kappa shape index (κ2) is 9.55. The number of hydrogen-bond acceptors (Lipinski definition) is 4. The van der Waals surface area contributed by atoms with Crippen molar-refractivity contribution in [3.8, 4) is 5.75 Å². The summed E-state index contributed by atoms with van der Waals surface area (Å²) in [6.07, 6.45) is 8.69. The molecular formula is C21H29N3O3. The van der Waals surface area contributed by atoms with Crippen LogP contribution in [-0.2, 0) is 9.59 Å². The fraction of sp³-hybridized carbons (Fsp3) is 0.524. The van der Waals surface area contributed by atoms with E-state index in [2.05, 4.69) is 15.5 Å². The summed E-state index contributed by atoms with van der Waals surface area (Å²) < 4.78 is 5.36. The Balaban J connectivity index is 1.59. The van der Waals surface area contributed by atoms with Gasteiger partial charge in [0.2, 0.25) is 11.8 Å². The molecule has 0 radical (unpaired) electrons. The van der Waals surface area contributed by atoms with E-state index in [1.807, 2.05) is 36.4 Å². The van der Waals surface area contributed by atoms with Crippen LogP contribution in [0.2, 0.25) is 0 Å². The molecule has 2 amide bonds. The minimum atomic E-state index is -0.414. The predicted molar refractivity (Wildman–Crippen MR) is 105 cm³/mol. The molecule has 2 N–H and O–H groups in total. The van der Waals surface area contributed by atoms with Crippen LogP contribution >= 0.6 is 0 Å². The lowest BCUT2D eigenvalue weighted by Gasteiger charge is -2.34. The lowest BCUT2D eigenvalue weighted by Crippen LogP contribution is -2.56. The smallest absolute Gasteiger partial charge is 0.237 e. The molecule has 6 heteroatoms. The van der Waals surface area contributed by atoms with Gasteiger partial charge in [0.05, 0.1) is 19.6 Å². The Hall–Kier alpha value is -2.34. The number of para-hydroxylation sites is 1. The van der Waals surface area contributed by atoms with Crippen molar-refractivity contribution >= 4 is 17.9 Å². The van der Waals surface area contributed by atoms with Crippen LogP contribution in [-0.4, -0.2) is 55.5 Å². The molecule has 1 saturated carbocycles. The second-order valence-corrected chi connectivity index (χ2v) is 7.20. The number of methoxy groups -OCH3 is 1. The number of piperazine rings is 1. The van der Waals surface area contributed by atoms with Crippen LogP contribution in [0.15, 0.2) is 30.3 Å². The van der Waals surface area contributed by atoms with Gasteiger partial charge in [-0.25, -0.2) is 0 Å². The minimum Gasteiger partial charge on any atom is -0.496 e. The molecule has 146 valence electrons. The highest BCUT2D eigenvalue weighted by Crippen LogP contribution is 2.20. The van der Waals surface area contributed by atoms with Gasteiger partial charge in [0.15, 0.2) is 0 Å². The fourth-order valence-electron chi connectivity index (χ4n) is 3.85. The normalized spacial score (nSPS) is 21.4. The SMILES string of the molecule is COc1ccccc1/C=C/CN1CCNC(=O)C1CC(=O)NC1CCCC1. The van der Waals surface area contributed by atoms with Crippen LogP contribution in [0.1, 0.15) is 37.7 Å². The summed E-state index contributed by atoms with van der Waals surface area (Å²) in [5.41, 5.74) is 0.997. The number of benzene rings is 1. The summed E-state index contributed by atoms with van der Waals surface area (Å²) in [4.78, 5) is 26.8. The molecule has 3 rings (SSSR count). The lowest BCUT2D eigenvalue weighted by molar-refractivity contribution is -0.133. The maximum Gasteiger partial charge on any atom is 0.237 e. The van der Waals surface area contributed by atoms with Gasteiger partial charge in [0.25, 0.3) is 0 Å². The predicted octanol–water partition coefficient (Wildman–Crippen LogP) is 1.96. The van der Waals surface area contributed by atoms with Crippen molar-refractivity contribution in [2.75, 3.05) is 26.7 Å². The third kappa shape index (κ3) is 5.32. The number of carbonyl (C=O) groups excluding carboxylic acids is 2. The highest BCUT2D eigenvalue weighted by Gasteiger charge is 2.31. The third-order valence-electron chi connectivity index (χ3n) is 5.32. The molecule has 1 saturated heterocycles. The minimum absolute atomic E-state index is 0.0253. The maximum absolute atomic E-state index is 12.4. The van der Waals surface area contributed by atoms with Gasteiger partial charge in [0.1, 0.15) is 5.75 Å². The average Bonchev–Trinajstić information content (AvgIpc) is 3.17. The van der Waals surface area contributed by atoms with E-state index in [1.54, 1.807) is 7.11 Å². The molecule has 0 bridgehead atoms. The van der Waals surface area contributed by atoms with Crippen molar-refractivity contribution in [2.45, 2.75) is 44.2 Å². The Kier molecular flexibility index (Phi) is 6.87. The number of rotatable bonds is 7. The van der Waals surface area contributed by atoms with E-state index in [-0.39, 0.29) is 24.3 Å². The van der Waals surface area contributed by atoms with Crippen molar-refractivity contribution in [1.82, 2.24) is 15.5 Å². The van der Waals surface area contributed by atoms with Crippen LogP contribution in [0.5, 0.6) is 5.75 Å². The molecule has 2 aliphatic rings. The standard InChI is InChI=1S/C21H29N3O3/c1-27-19-11-5-2-7-16(19)8-6-13-24-14-12-22-21(26)18(24)15-20(25)23-17-9-3-4-10-17/h2,5-8,11,17-18H,3-4,9-10,12-15H2,1H3,(H,22,26)(H,23,25)/b8-6+. The zero-order valence-corrected chi connectivity index (χ0v) is 15.9. The Morgan fingerprint density at radius 1 is 1.33 bits per heavy atom. The number of nitrogens with zero attached hydrogens (tertiary/aromatic N) is 1. The summed E-state index contributed by atoms with van der Waals surface area (Å²) in [7, 11) is 1.65. The molecule has 0 spiro atoms. The quantitative estimate of drug-likeness (QED) is 0.769. The van der Waals surface area contributed by atoms with Crippen molar-refractivity contribution in [2.24, 2.45) is 0 Å². The average molecular weight is 371 g/mol. The first-order valence-corrected chi connectivity index (χ1v) is 9.78. The summed E-state index contributed by atoms with van der Waals surface area (Å²) in [6, 6.07) is 7.68. The van der Waals surface area contributed by atoms with Crippen LogP contribution in [0.3, 0.4) is 0 Å². The van der Waals surface area contributed by atoms with Gasteiger partial charge in [-0.15, -0.1) is 0 Å². The summed E-state index contributed by atoms with van der Waals surface area (Å²) in [6.45, 7) is 1.97. The van der Waals surface area contributed by atoms with Crippen LogP contribution in [0.25, 0.3) is 6.08 Å². The molecule has 2 fully saturated rings. The van der Waals surface area contributed by atoms with Gasteiger partial charge in [-0.05, 0) is 18.9 Å². The van der Waals surface area contributed by atoms with Gasteiger partial charge in [0, 0.05) is 31.2 Å². The molecular weight excluding hydrogens is 342 g/mol. The molecule has 27 heavy (non-hydrogen) atoms. The zero-order chi connectivity index (χ0) is 19.1. The topological polar surface area (TPSA) is 70.7 Å². The van der Waals surface area contributed by atoms with Crippen molar-refractivity contribution < 1.29 is 14.3 Å². The van der Waals surface area contributed by atoms with E-state index < -0.39 is 6.04 Å². The number of nitrogens with one attached hydrogen (secondary N) is 2. The van der Waals surface area contributed by atoms with Gasteiger partial charge in [-0.1, -0.05) is 43.2 Å². The van der Waals surface area contributed by atoms with E-state index >= 15 is 0 Å². The summed E-state index contributed by atoms with van der Waals surface area (Å²) >= 11 is 0. The van der Waals surface area contributed by atoms with E-state index in [9.17, 15) is 9.59 Å². The van der Waals surface area contributed by atoms with Crippen molar-refractivity contribution in [3.05, 3.63) is 35.9 Å². The lowest BCUT2D eigenvalue weighted by atomic mass is 10.1. The third-order valence-corrected chi connectivity index (χ3v) is 5.32. The first kappa shape index (κ1) is 19.4. The first-order valence-electron chi connectivity index (χ1n) is 9.78. The van der Waals surface area contributed by atoms with Crippen LogP contribution in [0.4, 0.5) is 0 Å². The van der Waals surface area contributed by atoms with Crippen LogP contribution < -0.4 is 15.4 Å². The van der Waals surface area contributed by atoms with Crippen molar-refractivity contribution in [3.63, 3.8) is 0 Å². The second-order valence-electron chi connectivity index (χ2n) is 7.20. The molecule has 1 aliphatic carbocycles. The highest BCUT2D eigenvalue weighted by atomic mass is 16.5. The van der Waals surface area contributed by atoms with Gasteiger partial charge >= 0.3 is 0 Å². The van der Waals surface area contributed by atoms with Gasteiger partial charge in [-0.2, -0.15) is 0 Å². The molecule has 1 unspecified atom stereocenters. The van der Waals surface area contributed by atoms with E-state index in [0.29, 0.717) is 13.1 Å². The number of amides is 2. The molecule has 6 nitrogen and oxygen atoms in total. The Bertz CT molecular complexity index is 683. The number of carbonyl (C=O) groups is 2. The molecule has 1 aromatic carbocycles. The molecule has 1 aliphatic heterocycles. The molecule has 1 heterocycles. The van der Waals surface area contributed by atoms with E-state index in [0.717, 1.165) is 30.7 Å². The summed E-state index contributed by atoms with van der Waals surface area (Å²) in [5, 5.41) is 5.97. The Labute approximate surface area is 161 Å². The van der Waals surface area contributed by atoms with E-state index in [1.165, 1.54) is 12.8 Å². The first-order chi connectivity index (χ1) is 13.2. The fourth-order valence-corrected chi connectivity index (χ4v) is 3.85. The molecule has 1 atom stereocenters. The van der Waals surface area contributed by atoms with Gasteiger partial charge in [-0.3, -0.25) is 14.5 Å². The largest absolute Gasteiger partial charge is 0.496 e. The highest BCUT2D eigenvalue weighted by molar-refractivity contribution is 5.89. The van der Waals surface area contributed by atoms with Crippen molar-refractivity contribution in [1.29, 1.82) is 0 Å². The van der Waals surface area contributed by atoms with Gasteiger partial charge < -0.3 is 15.4 Å². The zero-order valence-electron chi connectivity index (χ0n) is 15.9. The monoisotopic (exact) mass is 371 g/mol. The number of ether oxygens (including phenoxy) is 1. The summed E-state index contributed by atoms with van der Waals surface area (Å²) in [5.74, 6) is 0.730. The molecule has 1 aromatic rings. The Morgan fingerprint density at radius 2 is 2.11 bits per heavy atom. The maximum atomic E-state index is 12.4. The Morgan fingerprint density at radius 3 is 2.89 bits per heavy atom. The molecule has 0 aromatic heterocycles. The van der Waals surface area contributed by atoms with Crippen LogP contribution in [0, 0.1) is 0 Å². The number of hydrogen-bond donors (Lipinski definition) is 2. The van der Waals surface area contributed by atoms with E-state index in [4.69, 9.17) is 4.74 Å².